The van der Waals surface area contributed by atoms with E-state index < -0.39 is 11.6 Å². The molecule has 0 spiro atoms. The number of ether oxygens (including phenoxy) is 1. The summed E-state index contributed by atoms with van der Waals surface area (Å²) in [6, 6.07) is 20.4. The Bertz CT molecular complexity index is 876. The van der Waals surface area contributed by atoms with Crippen LogP contribution in [-0.4, -0.2) is 16.2 Å². The van der Waals surface area contributed by atoms with Crippen molar-refractivity contribution in [1.29, 1.82) is 0 Å². The molecule has 0 amide bonds. The third-order valence-electron chi connectivity index (χ3n) is 4.32. The van der Waals surface area contributed by atoms with Gasteiger partial charge in [-0.05, 0) is 30.3 Å². The number of rotatable bonds is 2. The average molecular weight is 397 g/mol. The van der Waals surface area contributed by atoms with Crippen molar-refractivity contribution < 1.29 is 123 Å². The Balaban J connectivity index is 0.00000121. The maximum Gasteiger partial charge on any atom is 1.00 e. The van der Waals surface area contributed by atoms with E-state index in [1.54, 1.807) is 60.7 Å². The first-order valence-electron chi connectivity index (χ1n) is 7.53. The van der Waals surface area contributed by atoms with E-state index in [4.69, 9.17) is 4.74 Å². The van der Waals surface area contributed by atoms with E-state index >= 15 is 0 Å². The molecule has 4 nitrogen and oxygen atoms in total. The van der Waals surface area contributed by atoms with Crippen LogP contribution in [0.15, 0.2) is 72.8 Å². The Hall–Kier alpha value is 0.00273. The van der Waals surface area contributed by atoms with Gasteiger partial charge in [0.25, 0.3) is 0 Å². The van der Waals surface area contributed by atoms with Crippen LogP contribution in [0.2, 0.25) is 0 Å². The number of phenolic OH excluding ortho intramolecular Hbond substituents is 2. The first kappa shape index (κ1) is 22.3. The summed E-state index contributed by atoms with van der Waals surface area (Å²) in [7, 11) is 0. The molecule has 1 aliphatic heterocycles. The fourth-order valence-electron chi connectivity index (χ4n) is 3.20. The predicted octanol–water partition coefficient (Wildman–Crippen LogP) is -2.43. The molecule has 0 saturated carbocycles. The summed E-state index contributed by atoms with van der Waals surface area (Å²) < 4.78 is 5.87. The molecule has 0 fully saturated rings. The van der Waals surface area contributed by atoms with E-state index in [2.05, 4.69) is 0 Å². The zero-order valence-electron chi connectivity index (χ0n) is 14.6. The maximum atomic E-state index is 12.4. The van der Waals surface area contributed by atoms with Gasteiger partial charge in [0.05, 0.1) is 5.56 Å². The topological polar surface area (TPSA) is 66.8 Å². The van der Waals surface area contributed by atoms with Gasteiger partial charge in [-0.2, -0.15) is 0 Å². The Kier molecular flexibility index (Phi) is 7.72. The molecule has 0 aliphatic carbocycles. The van der Waals surface area contributed by atoms with Gasteiger partial charge in [-0.3, -0.25) is 0 Å². The monoisotopic (exact) mass is 396 g/mol. The van der Waals surface area contributed by atoms with Gasteiger partial charge in [-0.25, -0.2) is 4.79 Å². The zero-order chi connectivity index (χ0) is 16.7. The second-order valence-electron chi connectivity index (χ2n) is 5.71. The van der Waals surface area contributed by atoms with Crippen LogP contribution >= 0.6 is 0 Å². The van der Waals surface area contributed by atoms with Crippen molar-refractivity contribution in [2.24, 2.45) is 0 Å². The van der Waals surface area contributed by atoms with Gasteiger partial charge in [0.2, 0.25) is 0 Å². The number of hydrogen-bond donors (Lipinski definition) is 2. The zero-order valence-corrected chi connectivity index (χ0v) is 20.9. The van der Waals surface area contributed by atoms with Crippen molar-refractivity contribution in [3.63, 3.8) is 0 Å². The molecule has 4 rings (SSSR count). The van der Waals surface area contributed by atoms with Gasteiger partial charge in [0.15, 0.2) is 5.60 Å². The first-order chi connectivity index (χ1) is 11.6. The van der Waals surface area contributed by atoms with E-state index in [1.165, 1.54) is 0 Å². The molecule has 1 aliphatic rings. The van der Waals surface area contributed by atoms with Crippen LogP contribution in [0, 0.1) is 0 Å². The molecule has 0 radical (unpaired) electrons. The van der Waals surface area contributed by atoms with E-state index in [0.29, 0.717) is 5.56 Å². The molecule has 0 aromatic heterocycles. The van der Waals surface area contributed by atoms with Crippen LogP contribution in [0.3, 0.4) is 0 Å². The second kappa shape index (κ2) is 9.00. The number of benzene rings is 3. The fraction of sp³-hybridized carbons (Fsp3) is 0.0500. The largest absolute Gasteiger partial charge is 1.00 e. The Labute approximate surface area is 236 Å². The van der Waals surface area contributed by atoms with Crippen molar-refractivity contribution in [3.8, 4) is 11.5 Å². The van der Waals surface area contributed by atoms with E-state index in [9.17, 15) is 15.0 Å². The molecular formula is C20H14K2O4+2. The van der Waals surface area contributed by atoms with E-state index in [1.807, 2.05) is 12.1 Å². The van der Waals surface area contributed by atoms with Crippen LogP contribution in [0.5, 0.6) is 11.5 Å². The average Bonchev–Trinajstić information content (AvgIpc) is 2.91. The van der Waals surface area contributed by atoms with Gasteiger partial charge in [0.1, 0.15) is 11.5 Å². The van der Waals surface area contributed by atoms with Crippen LogP contribution in [0.4, 0.5) is 0 Å². The van der Waals surface area contributed by atoms with Crippen molar-refractivity contribution >= 4 is 5.97 Å². The quantitative estimate of drug-likeness (QED) is 0.373. The summed E-state index contributed by atoms with van der Waals surface area (Å²) in [6.45, 7) is 0. The first-order valence-corrected chi connectivity index (χ1v) is 7.53. The minimum Gasteiger partial charge on any atom is -0.508 e. The van der Waals surface area contributed by atoms with Gasteiger partial charge >= 0.3 is 109 Å². The fourth-order valence-corrected chi connectivity index (χ4v) is 3.20. The minimum atomic E-state index is -1.10. The summed E-state index contributed by atoms with van der Waals surface area (Å²) in [6.07, 6.45) is 0. The minimum absolute atomic E-state index is 0. The molecule has 3 aromatic carbocycles. The number of fused-ring (bicyclic) bond motifs is 1. The number of carbonyl (C=O) groups is 1. The molecule has 0 bridgehead atoms. The number of carbonyl (C=O) groups excluding carboxylic acids is 1. The summed E-state index contributed by atoms with van der Waals surface area (Å²) >= 11 is 0. The van der Waals surface area contributed by atoms with Crippen molar-refractivity contribution in [1.82, 2.24) is 0 Å². The SMILES string of the molecule is O=C1OC(c2ccc(O)cc2)(c2ccc(O)cc2)c2ccccc21.[K+].[K+]. The van der Waals surface area contributed by atoms with Crippen LogP contribution in [0.1, 0.15) is 27.0 Å². The Morgan fingerprint density at radius 3 is 1.65 bits per heavy atom. The Morgan fingerprint density at radius 1 is 0.692 bits per heavy atom. The number of aromatic hydroxyl groups is 2. The normalized spacial score (nSPS) is 13.8. The predicted molar refractivity (Wildman–Crippen MR) is 88.0 cm³/mol. The number of cyclic esters (lactones) is 1. The van der Waals surface area contributed by atoms with Crippen LogP contribution < -0.4 is 103 Å². The molecule has 0 saturated heterocycles. The molecule has 26 heavy (non-hydrogen) atoms. The van der Waals surface area contributed by atoms with E-state index in [-0.39, 0.29) is 114 Å². The molecule has 118 valence electrons. The second-order valence-corrected chi connectivity index (χ2v) is 5.71. The molecule has 6 heteroatoms. The summed E-state index contributed by atoms with van der Waals surface area (Å²) in [5.41, 5.74) is 1.60. The van der Waals surface area contributed by atoms with Gasteiger partial charge in [-0.1, -0.05) is 42.5 Å². The molecule has 2 N–H and O–H groups in total. The maximum absolute atomic E-state index is 12.4. The van der Waals surface area contributed by atoms with Crippen LogP contribution in [-0.2, 0) is 10.3 Å². The summed E-state index contributed by atoms with van der Waals surface area (Å²) in [4.78, 5) is 12.4. The molecule has 3 aromatic rings. The van der Waals surface area contributed by atoms with Crippen molar-refractivity contribution in [2.75, 3.05) is 0 Å². The van der Waals surface area contributed by atoms with Crippen LogP contribution in [0.25, 0.3) is 0 Å². The van der Waals surface area contributed by atoms with Gasteiger partial charge in [0, 0.05) is 16.7 Å². The summed E-state index contributed by atoms with van der Waals surface area (Å²) in [5, 5.41) is 19.2. The Morgan fingerprint density at radius 2 is 1.15 bits per heavy atom. The number of phenols is 2. The van der Waals surface area contributed by atoms with E-state index in [0.717, 1.165) is 16.7 Å². The van der Waals surface area contributed by atoms with Crippen molar-refractivity contribution in [3.05, 3.63) is 95.1 Å². The molecule has 1 heterocycles. The molecule has 0 unspecified atom stereocenters. The summed E-state index contributed by atoms with van der Waals surface area (Å²) in [5.74, 6) is -0.124. The molecule has 0 atom stereocenters. The standard InChI is InChI=1S/C20H14O4.2K/c21-15-9-5-13(6-10-15)20(14-7-11-16(22)12-8-14)18-4-2-1-3-17(18)19(23)24-20;;/h1-12,21-22H;;/q;2*+1. The van der Waals surface area contributed by atoms with Crippen molar-refractivity contribution in [2.45, 2.75) is 5.60 Å². The third-order valence-corrected chi connectivity index (χ3v) is 4.32. The smallest absolute Gasteiger partial charge is 0.508 e. The third kappa shape index (κ3) is 3.78. The molecular weight excluding hydrogens is 382 g/mol. The number of hydrogen-bond acceptors (Lipinski definition) is 4. The van der Waals surface area contributed by atoms with Gasteiger partial charge < -0.3 is 14.9 Å². The number of esters is 1. The van der Waals surface area contributed by atoms with Gasteiger partial charge in [-0.15, -0.1) is 0 Å².